The second-order valence-corrected chi connectivity index (χ2v) is 3.54. The van der Waals surface area contributed by atoms with Gasteiger partial charge in [-0.25, -0.2) is 14.4 Å². The highest BCUT2D eigenvalue weighted by Gasteiger charge is 2.09. The second kappa shape index (κ2) is 4.97. The Bertz CT molecular complexity index is 536. The summed E-state index contributed by atoms with van der Waals surface area (Å²) < 4.78 is 18.3. The van der Waals surface area contributed by atoms with Crippen LogP contribution in [0.2, 0.25) is 5.02 Å². The number of anilines is 1. The van der Waals surface area contributed by atoms with E-state index in [1.165, 1.54) is 30.6 Å². The van der Waals surface area contributed by atoms with Crippen LogP contribution in [-0.4, -0.2) is 17.0 Å². The van der Waals surface area contributed by atoms with Crippen molar-refractivity contribution in [2.75, 3.05) is 12.4 Å². The first kappa shape index (κ1) is 11.6. The van der Waals surface area contributed by atoms with E-state index in [4.69, 9.17) is 16.3 Å². The predicted molar refractivity (Wildman–Crippen MR) is 63.1 cm³/mol. The molecule has 1 heterocycles. The lowest BCUT2D eigenvalue weighted by atomic mass is 10.3. The molecule has 0 atom stereocenters. The minimum Gasteiger partial charge on any atom is -0.434 e. The van der Waals surface area contributed by atoms with Gasteiger partial charge in [0.1, 0.15) is 11.6 Å². The van der Waals surface area contributed by atoms with Crippen LogP contribution in [0.5, 0.6) is 11.6 Å². The zero-order chi connectivity index (χ0) is 12.3. The van der Waals surface area contributed by atoms with Gasteiger partial charge in [-0.05, 0) is 18.2 Å². The van der Waals surface area contributed by atoms with Crippen LogP contribution in [0, 0.1) is 5.82 Å². The maximum Gasteiger partial charge on any atom is 0.262 e. The third-order valence-electron chi connectivity index (χ3n) is 2.00. The van der Waals surface area contributed by atoms with Gasteiger partial charge in [0.2, 0.25) is 0 Å². The van der Waals surface area contributed by atoms with Gasteiger partial charge in [-0.3, -0.25) is 0 Å². The van der Waals surface area contributed by atoms with Gasteiger partial charge >= 0.3 is 0 Å². The standard InChI is InChI=1S/C11H9ClFN3O/c1-14-10-11(16-5-4-15-10)17-9-3-2-7(13)6-8(9)12/h2-6H,1H3,(H,14,15). The van der Waals surface area contributed by atoms with E-state index in [0.29, 0.717) is 11.6 Å². The van der Waals surface area contributed by atoms with Gasteiger partial charge in [-0.1, -0.05) is 11.6 Å². The summed E-state index contributed by atoms with van der Waals surface area (Å²) >= 11 is 5.84. The smallest absolute Gasteiger partial charge is 0.262 e. The van der Waals surface area contributed by atoms with Gasteiger partial charge in [0.05, 0.1) is 5.02 Å². The summed E-state index contributed by atoms with van der Waals surface area (Å²) in [5.74, 6) is 0.664. The van der Waals surface area contributed by atoms with Gasteiger partial charge in [0, 0.05) is 19.4 Å². The Balaban J connectivity index is 2.31. The van der Waals surface area contributed by atoms with E-state index in [0.717, 1.165) is 0 Å². The largest absolute Gasteiger partial charge is 0.434 e. The van der Waals surface area contributed by atoms with Crippen molar-refractivity contribution in [3.8, 4) is 11.6 Å². The highest BCUT2D eigenvalue weighted by atomic mass is 35.5. The molecule has 0 radical (unpaired) electrons. The minimum absolute atomic E-state index is 0.178. The first-order valence-electron chi connectivity index (χ1n) is 4.82. The van der Waals surface area contributed by atoms with Crippen molar-refractivity contribution in [2.45, 2.75) is 0 Å². The molecule has 2 rings (SSSR count). The van der Waals surface area contributed by atoms with Crippen LogP contribution in [0.3, 0.4) is 0 Å². The summed E-state index contributed by atoms with van der Waals surface area (Å²) in [6.07, 6.45) is 3.03. The molecule has 17 heavy (non-hydrogen) atoms. The molecule has 4 nitrogen and oxygen atoms in total. The minimum atomic E-state index is -0.421. The summed E-state index contributed by atoms with van der Waals surface area (Å²) in [6, 6.07) is 3.87. The van der Waals surface area contributed by atoms with Gasteiger partial charge in [0.15, 0.2) is 5.82 Å². The highest BCUT2D eigenvalue weighted by Crippen LogP contribution is 2.31. The summed E-state index contributed by atoms with van der Waals surface area (Å²) in [4.78, 5) is 8.03. The molecule has 0 saturated carbocycles. The van der Waals surface area contributed by atoms with Crippen LogP contribution in [0.1, 0.15) is 0 Å². The maximum atomic E-state index is 12.9. The number of nitrogens with zero attached hydrogens (tertiary/aromatic N) is 2. The molecule has 0 bridgehead atoms. The average molecular weight is 254 g/mol. The lowest BCUT2D eigenvalue weighted by Crippen LogP contribution is -1.98. The van der Waals surface area contributed by atoms with E-state index < -0.39 is 5.82 Å². The predicted octanol–water partition coefficient (Wildman–Crippen LogP) is 3.10. The first-order valence-corrected chi connectivity index (χ1v) is 5.20. The van der Waals surface area contributed by atoms with Crippen LogP contribution in [0.15, 0.2) is 30.6 Å². The normalized spacial score (nSPS) is 10.1. The fourth-order valence-corrected chi connectivity index (χ4v) is 1.44. The van der Waals surface area contributed by atoms with Gasteiger partial charge in [-0.2, -0.15) is 0 Å². The zero-order valence-corrected chi connectivity index (χ0v) is 9.70. The van der Waals surface area contributed by atoms with Gasteiger partial charge in [0.25, 0.3) is 5.88 Å². The molecule has 0 aliphatic rings. The number of halogens is 2. The quantitative estimate of drug-likeness (QED) is 0.913. The van der Waals surface area contributed by atoms with Crippen molar-refractivity contribution in [2.24, 2.45) is 0 Å². The zero-order valence-electron chi connectivity index (χ0n) is 8.95. The number of hydrogen-bond donors (Lipinski definition) is 1. The highest BCUT2D eigenvalue weighted by molar-refractivity contribution is 6.32. The second-order valence-electron chi connectivity index (χ2n) is 3.14. The van der Waals surface area contributed by atoms with E-state index in [2.05, 4.69) is 15.3 Å². The lowest BCUT2D eigenvalue weighted by Gasteiger charge is -2.09. The number of hydrogen-bond acceptors (Lipinski definition) is 4. The molecular weight excluding hydrogens is 245 g/mol. The van der Waals surface area contributed by atoms with Crippen molar-refractivity contribution in [3.05, 3.63) is 41.4 Å². The van der Waals surface area contributed by atoms with Crippen molar-refractivity contribution in [1.29, 1.82) is 0 Å². The van der Waals surface area contributed by atoms with Crippen LogP contribution >= 0.6 is 11.6 Å². The number of ether oxygens (including phenoxy) is 1. The van der Waals surface area contributed by atoms with E-state index in [1.807, 2.05) is 0 Å². The molecule has 1 aromatic heterocycles. The maximum absolute atomic E-state index is 12.9. The molecular formula is C11H9ClFN3O. The van der Waals surface area contributed by atoms with E-state index in [1.54, 1.807) is 7.05 Å². The van der Waals surface area contributed by atoms with Gasteiger partial charge in [-0.15, -0.1) is 0 Å². The molecule has 88 valence electrons. The topological polar surface area (TPSA) is 47.0 Å². The summed E-state index contributed by atoms with van der Waals surface area (Å²) in [6.45, 7) is 0. The SMILES string of the molecule is CNc1nccnc1Oc1ccc(F)cc1Cl. The molecule has 0 saturated heterocycles. The van der Waals surface area contributed by atoms with E-state index in [-0.39, 0.29) is 10.9 Å². The fraction of sp³-hybridized carbons (Fsp3) is 0.0909. The molecule has 1 aromatic carbocycles. The average Bonchev–Trinajstić information content (AvgIpc) is 2.33. The summed E-state index contributed by atoms with van der Waals surface area (Å²) in [5.41, 5.74) is 0. The molecule has 0 unspecified atom stereocenters. The summed E-state index contributed by atoms with van der Waals surface area (Å²) in [7, 11) is 1.70. The molecule has 0 fully saturated rings. The van der Waals surface area contributed by atoms with Crippen molar-refractivity contribution < 1.29 is 9.13 Å². The van der Waals surface area contributed by atoms with Crippen LogP contribution < -0.4 is 10.1 Å². The molecule has 1 N–H and O–H groups in total. The molecule has 2 aromatic rings. The van der Waals surface area contributed by atoms with Crippen LogP contribution in [-0.2, 0) is 0 Å². The van der Waals surface area contributed by atoms with Crippen molar-refractivity contribution >= 4 is 17.4 Å². The van der Waals surface area contributed by atoms with Gasteiger partial charge < -0.3 is 10.1 Å². The number of aromatic nitrogens is 2. The monoisotopic (exact) mass is 253 g/mol. The Labute approximate surface area is 102 Å². The number of rotatable bonds is 3. The molecule has 0 spiro atoms. The third-order valence-corrected chi connectivity index (χ3v) is 2.30. The Morgan fingerprint density at radius 3 is 2.76 bits per heavy atom. The Kier molecular flexibility index (Phi) is 3.39. The van der Waals surface area contributed by atoms with E-state index >= 15 is 0 Å². The molecule has 0 aliphatic heterocycles. The molecule has 0 amide bonds. The lowest BCUT2D eigenvalue weighted by molar-refractivity contribution is 0.461. The third kappa shape index (κ3) is 2.62. The van der Waals surface area contributed by atoms with Crippen molar-refractivity contribution in [3.63, 3.8) is 0 Å². The number of benzene rings is 1. The molecule has 6 heteroatoms. The number of nitrogens with one attached hydrogen (secondary N) is 1. The first-order chi connectivity index (χ1) is 8.20. The Morgan fingerprint density at radius 1 is 1.29 bits per heavy atom. The van der Waals surface area contributed by atoms with Crippen LogP contribution in [0.4, 0.5) is 10.2 Å². The Hall–Kier alpha value is -1.88. The molecule has 0 aliphatic carbocycles. The van der Waals surface area contributed by atoms with Crippen LogP contribution in [0.25, 0.3) is 0 Å². The van der Waals surface area contributed by atoms with E-state index in [9.17, 15) is 4.39 Å². The summed E-state index contributed by atoms with van der Waals surface area (Å²) in [5, 5.41) is 3.01. The van der Waals surface area contributed by atoms with Crippen molar-refractivity contribution in [1.82, 2.24) is 9.97 Å². The Morgan fingerprint density at radius 2 is 2.06 bits per heavy atom. The fourth-order valence-electron chi connectivity index (χ4n) is 1.23.